The fourth-order valence-corrected chi connectivity index (χ4v) is 1.95. The quantitative estimate of drug-likeness (QED) is 0.729. The summed E-state index contributed by atoms with van der Waals surface area (Å²) >= 11 is 0. The van der Waals surface area contributed by atoms with Gasteiger partial charge < -0.3 is 4.74 Å². The Bertz CT molecular complexity index is 634. The topological polar surface area (TPSA) is 35.0 Å². The van der Waals surface area contributed by atoms with E-state index < -0.39 is 6.18 Å². The molecule has 0 bridgehead atoms. The van der Waals surface area contributed by atoms with Crippen LogP contribution in [0.1, 0.15) is 18.9 Å². The van der Waals surface area contributed by atoms with E-state index in [0.717, 1.165) is 30.0 Å². The van der Waals surface area contributed by atoms with Gasteiger partial charge in [-0.15, -0.1) is 0 Å². The van der Waals surface area contributed by atoms with Crippen molar-refractivity contribution >= 4 is 0 Å². The van der Waals surface area contributed by atoms with Crippen molar-refractivity contribution in [3.05, 3.63) is 54.4 Å². The number of allylic oxidation sites excluding steroid dienone is 1. The van der Waals surface area contributed by atoms with Crippen LogP contribution in [-0.4, -0.2) is 22.8 Å². The van der Waals surface area contributed by atoms with Crippen molar-refractivity contribution in [1.82, 2.24) is 9.97 Å². The van der Waals surface area contributed by atoms with E-state index in [2.05, 4.69) is 16.9 Å². The number of rotatable bonds is 6. The predicted octanol–water partition coefficient (Wildman–Crippen LogP) is 4.59. The van der Waals surface area contributed by atoms with Gasteiger partial charge >= 0.3 is 6.18 Å². The molecule has 0 atom stereocenters. The Morgan fingerprint density at radius 2 is 1.74 bits per heavy atom. The fraction of sp³-hybridized carbons (Fsp3) is 0.294. The zero-order valence-corrected chi connectivity index (χ0v) is 12.7. The average molecular weight is 322 g/mol. The molecule has 0 aliphatic heterocycles. The highest BCUT2D eigenvalue weighted by atomic mass is 19.4. The smallest absolute Gasteiger partial charge is 0.409 e. The van der Waals surface area contributed by atoms with Gasteiger partial charge in [-0.05, 0) is 42.3 Å². The van der Waals surface area contributed by atoms with Gasteiger partial charge in [0.1, 0.15) is 12.4 Å². The molecular formula is C17H17F3N2O. The highest BCUT2D eigenvalue weighted by molar-refractivity contribution is 5.55. The Morgan fingerprint density at radius 1 is 1.09 bits per heavy atom. The monoisotopic (exact) mass is 322 g/mol. The maximum atomic E-state index is 11.9. The molecule has 0 fully saturated rings. The Kier molecular flexibility index (Phi) is 5.73. The Morgan fingerprint density at radius 3 is 2.30 bits per heavy atom. The first kappa shape index (κ1) is 17.0. The van der Waals surface area contributed by atoms with Gasteiger partial charge in [0.05, 0.1) is 0 Å². The van der Waals surface area contributed by atoms with Gasteiger partial charge in [0.25, 0.3) is 0 Å². The molecule has 0 spiro atoms. The number of benzene rings is 1. The van der Waals surface area contributed by atoms with Crippen molar-refractivity contribution in [2.24, 2.45) is 0 Å². The first-order valence-corrected chi connectivity index (χ1v) is 7.26. The number of nitrogens with zero attached hydrogens (tertiary/aromatic N) is 2. The van der Waals surface area contributed by atoms with Crippen molar-refractivity contribution in [3.63, 3.8) is 0 Å². The summed E-state index contributed by atoms with van der Waals surface area (Å²) in [6, 6.07) is 6.91. The van der Waals surface area contributed by atoms with Crippen LogP contribution in [-0.2, 0) is 6.42 Å². The molecule has 1 heterocycles. The van der Waals surface area contributed by atoms with Gasteiger partial charge in [-0.25, -0.2) is 9.97 Å². The lowest BCUT2D eigenvalue weighted by Crippen LogP contribution is -2.02. The summed E-state index contributed by atoms with van der Waals surface area (Å²) in [4.78, 5) is 8.62. The van der Waals surface area contributed by atoms with Crippen molar-refractivity contribution in [1.29, 1.82) is 0 Å². The number of hydrogen-bond donors (Lipinski definition) is 0. The third kappa shape index (κ3) is 5.73. The number of aromatic nitrogens is 2. The summed E-state index contributed by atoms with van der Waals surface area (Å²) in [5.41, 5.74) is 1.92. The lowest BCUT2D eigenvalue weighted by molar-refractivity contribution is -0.0801. The van der Waals surface area contributed by atoms with E-state index in [4.69, 9.17) is 4.74 Å². The van der Waals surface area contributed by atoms with Crippen LogP contribution in [0.2, 0.25) is 0 Å². The molecule has 0 unspecified atom stereocenters. The Labute approximate surface area is 132 Å². The van der Waals surface area contributed by atoms with Gasteiger partial charge in [0.2, 0.25) is 0 Å². The van der Waals surface area contributed by atoms with E-state index in [9.17, 15) is 13.2 Å². The largest absolute Gasteiger partial charge is 0.490 e. The summed E-state index contributed by atoms with van der Waals surface area (Å²) in [5.74, 6) is 1.09. The number of halogens is 3. The highest BCUT2D eigenvalue weighted by Crippen LogP contribution is 2.20. The minimum absolute atomic E-state index is 0.138. The van der Waals surface area contributed by atoms with Crippen LogP contribution in [0, 0.1) is 0 Å². The first-order chi connectivity index (χ1) is 11.0. The van der Waals surface area contributed by atoms with Crippen LogP contribution < -0.4 is 4.74 Å². The van der Waals surface area contributed by atoms with Gasteiger partial charge in [-0.3, -0.25) is 0 Å². The Hall–Kier alpha value is -2.37. The maximum Gasteiger partial charge on any atom is 0.409 e. The van der Waals surface area contributed by atoms with E-state index in [1.807, 2.05) is 0 Å². The summed E-state index contributed by atoms with van der Waals surface area (Å²) in [6.45, 7) is 1.96. The van der Waals surface area contributed by atoms with E-state index in [-0.39, 0.29) is 12.7 Å². The highest BCUT2D eigenvalue weighted by Gasteiger charge is 2.21. The molecule has 1 aromatic heterocycles. The van der Waals surface area contributed by atoms with Crippen molar-refractivity contribution in [2.75, 3.05) is 6.61 Å². The molecule has 0 aliphatic rings. The molecule has 0 N–H and O–H groups in total. The summed E-state index contributed by atoms with van der Waals surface area (Å²) in [5, 5.41) is 0. The van der Waals surface area contributed by atoms with Gasteiger partial charge in [0.15, 0.2) is 5.82 Å². The number of alkyl halides is 3. The van der Waals surface area contributed by atoms with Crippen LogP contribution >= 0.6 is 0 Å². The van der Waals surface area contributed by atoms with Crippen LogP contribution in [0.3, 0.4) is 0 Å². The second-order valence-electron chi connectivity index (χ2n) is 4.94. The van der Waals surface area contributed by atoms with Crippen LogP contribution in [0.25, 0.3) is 11.4 Å². The molecule has 0 amide bonds. The average Bonchev–Trinajstić information content (AvgIpc) is 2.52. The second-order valence-corrected chi connectivity index (χ2v) is 4.94. The summed E-state index contributed by atoms with van der Waals surface area (Å²) in [7, 11) is 0. The molecule has 1 aromatic carbocycles. The number of aryl methyl sites for hydroxylation is 1. The fourth-order valence-electron chi connectivity index (χ4n) is 1.95. The molecule has 6 heteroatoms. The number of ether oxygens (including phenoxy) is 1. The lowest BCUT2D eigenvalue weighted by Gasteiger charge is -2.05. The molecular weight excluding hydrogens is 305 g/mol. The molecule has 2 aromatic rings. The molecule has 122 valence electrons. The third-order valence-electron chi connectivity index (χ3n) is 3.01. The van der Waals surface area contributed by atoms with Crippen LogP contribution in [0.5, 0.6) is 5.75 Å². The molecule has 0 saturated heterocycles. The standard InChI is InChI=1S/C17H17F3N2O/c1-2-4-13-11-21-16(22-12-13)14-5-7-15(8-6-14)23-10-3-9-17(18,19)20/h3,5-9,11-12H,2,4,10H2,1H3. The van der Waals surface area contributed by atoms with Gasteiger partial charge in [0, 0.05) is 24.0 Å². The maximum absolute atomic E-state index is 11.9. The lowest BCUT2D eigenvalue weighted by atomic mass is 10.2. The second kappa shape index (κ2) is 7.76. The molecule has 0 radical (unpaired) electrons. The zero-order valence-electron chi connectivity index (χ0n) is 12.7. The molecule has 0 saturated carbocycles. The van der Waals surface area contributed by atoms with Crippen LogP contribution in [0.4, 0.5) is 13.2 Å². The first-order valence-electron chi connectivity index (χ1n) is 7.26. The van der Waals surface area contributed by atoms with Crippen molar-refractivity contribution in [3.8, 4) is 17.1 Å². The molecule has 23 heavy (non-hydrogen) atoms. The summed E-state index contributed by atoms with van der Waals surface area (Å²) < 4.78 is 41.0. The minimum Gasteiger partial charge on any atom is -0.490 e. The number of hydrogen-bond acceptors (Lipinski definition) is 3. The Balaban J connectivity index is 1.95. The summed E-state index contributed by atoms with van der Waals surface area (Å²) in [6.07, 6.45) is 2.37. The van der Waals surface area contributed by atoms with Gasteiger partial charge in [-0.1, -0.05) is 13.3 Å². The van der Waals surface area contributed by atoms with E-state index in [0.29, 0.717) is 11.6 Å². The van der Waals surface area contributed by atoms with Crippen molar-refractivity contribution < 1.29 is 17.9 Å². The normalized spacial score (nSPS) is 11.8. The minimum atomic E-state index is -4.31. The zero-order chi connectivity index (χ0) is 16.7. The van der Waals surface area contributed by atoms with Gasteiger partial charge in [-0.2, -0.15) is 13.2 Å². The van der Waals surface area contributed by atoms with E-state index in [1.165, 1.54) is 0 Å². The SMILES string of the molecule is CCCc1cnc(-c2ccc(OCC=CC(F)(F)F)cc2)nc1. The van der Waals surface area contributed by atoms with E-state index in [1.54, 1.807) is 36.7 Å². The van der Waals surface area contributed by atoms with E-state index >= 15 is 0 Å². The third-order valence-corrected chi connectivity index (χ3v) is 3.01. The molecule has 3 nitrogen and oxygen atoms in total. The molecule has 2 rings (SSSR count). The van der Waals surface area contributed by atoms with Crippen molar-refractivity contribution in [2.45, 2.75) is 25.9 Å². The van der Waals surface area contributed by atoms with Crippen LogP contribution in [0.15, 0.2) is 48.8 Å². The predicted molar refractivity (Wildman–Crippen MR) is 82.2 cm³/mol. The molecule has 0 aliphatic carbocycles.